The van der Waals surface area contributed by atoms with Crippen LogP contribution in [-0.2, 0) is 20.9 Å². The number of benzene rings is 3. The van der Waals surface area contributed by atoms with Crippen LogP contribution in [0.15, 0.2) is 87.6 Å². The molecule has 224 valence electrons. The molecule has 3 amide bonds. The van der Waals surface area contributed by atoms with Crippen molar-refractivity contribution < 1.29 is 33.3 Å². The van der Waals surface area contributed by atoms with Gasteiger partial charge in [0.25, 0.3) is 5.91 Å². The summed E-state index contributed by atoms with van der Waals surface area (Å²) in [6.07, 6.45) is 1.49. The molecule has 1 aliphatic rings. The molecule has 1 heterocycles. The van der Waals surface area contributed by atoms with Crippen LogP contribution >= 0.6 is 15.9 Å². The number of amides is 3. The lowest BCUT2D eigenvalue weighted by molar-refractivity contribution is -0.139. The quantitative estimate of drug-likeness (QED) is 0.146. The van der Waals surface area contributed by atoms with Gasteiger partial charge in [0.15, 0.2) is 18.1 Å². The number of nitrogens with zero attached hydrogens (tertiary/aromatic N) is 1. The fourth-order valence-corrected chi connectivity index (χ4v) is 4.62. The Bertz CT molecular complexity index is 1540. The van der Waals surface area contributed by atoms with E-state index in [1.54, 1.807) is 32.0 Å². The number of methoxy groups -OCH3 is 1. The van der Waals surface area contributed by atoms with Crippen molar-refractivity contribution in [2.75, 3.05) is 20.3 Å². The van der Waals surface area contributed by atoms with Crippen molar-refractivity contribution in [2.24, 2.45) is 5.10 Å². The molecule has 1 atom stereocenters. The fraction of sp³-hybridized carbons (Fsp3) is 0.226. The summed E-state index contributed by atoms with van der Waals surface area (Å²) in [7, 11) is 1.44. The smallest absolute Gasteiger partial charge is 0.338 e. The predicted molar refractivity (Wildman–Crippen MR) is 163 cm³/mol. The number of esters is 1. The van der Waals surface area contributed by atoms with Gasteiger partial charge in [0.05, 0.1) is 31.5 Å². The molecule has 0 aromatic heterocycles. The van der Waals surface area contributed by atoms with E-state index in [1.165, 1.54) is 13.3 Å². The van der Waals surface area contributed by atoms with Crippen molar-refractivity contribution in [1.82, 2.24) is 16.1 Å². The summed E-state index contributed by atoms with van der Waals surface area (Å²) in [6, 6.07) is 18.9. The van der Waals surface area contributed by atoms with Gasteiger partial charge in [0.1, 0.15) is 12.4 Å². The highest BCUT2D eigenvalue weighted by atomic mass is 79.9. The van der Waals surface area contributed by atoms with Crippen molar-refractivity contribution in [3.8, 4) is 17.2 Å². The Morgan fingerprint density at radius 3 is 2.53 bits per heavy atom. The number of rotatable bonds is 12. The van der Waals surface area contributed by atoms with E-state index in [-0.39, 0.29) is 24.5 Å². The summed E-state index contributed by atoms with van der Waals surface area (Å²) in [4.78, 5) is 37.3. The van der Waals surface area contributed by atoms with E-state index < -0.39 is 23.9 Å². The Labute approximate surface area is 257 Å². The van der Waals surface area contributed by atoms with Crippen LogP contribution in [0.25, 0.3) is 0 Å². The molecule has 3 aromatic rings. The fourth-order valence-electron chi connectivity index (χ4n) is 4.24. The highest BCUT2D eigenvalue weighted by molar-refractivity contribution is 9.10. The number of ether oxygens (including phenoxy) is 4. The number of carbonyl (C=O) groups is 3. The van der Waals surface area contributed by atoms with Crippen molar-refractivity contribution in [2.45, 2.75) is 26.5 Å². The van der Waals surface area contributed by atoms with Gasteiger partial charge in [-0.3, -0.25) is 4.79 Å². The Morgan fingerprint density at radius 1 is 1.02 bits per heavy atom. The minimum Gasteiger partial charge on any atom is -0.493 e. The molecule has 11 nitrogen and oxygen atoms in total. The van der Waals surface area contributed by atoms with Gasteiger partial charge in [-0.05, 0) is 55.3 Å². The van der Waals surface area contributed by atoms with E-state index >= 15 is 0 Å². The molecule has 0 fully saturated rings. The van der Waals surface area contributed by atoms with Gasteiger partial charge in [-0.1, -0.05) is 52.3 Å². The first-order chi connectivity index (χ1) is 20.8. The predicted octanol–water partition coefficient (Wildman–Crippen LogP) is 4.76. The maximum Gasteiger partial charge on any atom is 0.338 e. The molecule has 0 saturated carbocycles. The minimum atomic E-state index is -0.770. The molecule has 43 heavy (non-hydrogen) atoms. The number of allylic oxidation sites excluding steroid dienone is 1. The number of carbonyl (C=O) groups excluding carboxylic acids is 3. The highest BCUT2D eigenvalue weighted by Gasteiger charge is 2.32. The first-order valence-corrected chi connectivity index (χ1v) is 14.1. The van der Waals surface area contributed by atoms with Crippen LogP contribution in [0.5, 0.6) is 17.2 Å². The third-order valence-corrected chi connectivity index (χ3v) is 6.74. The van der Waals surface area contributed by atoms with Crippen LogP contribution in [0, 0.1) is 0 Å². The zero-order valence-electron chi connectivity index (χ0n) is 23.8. The summed E-state index contributed by atoms with van der Waals surface area (Å²) in [5.74, 6) is 0.140. The summed E-state index contributed by atoms with van der Waals surface area (Å²) in [6.45, 7) is 3.55. The molecule has 1 aliphatic heterocycles. The average molecular weight is 652 g/mol. The number of urea groups is 1. The second-order valence-electron chi connectivity index (χ2n) is 9.24. The van der Waals surface area contributed by atoms with Crippen LogP contribution in [-0.4, -0.2) is 44.4 Å². The van der Waals surface area contributed by atoms with E-state index in [0.717, 1.165) is 10.0 Å². The topological polar surface area (TPSA) is 137 Å². The molecular weight excluding hydrogens is 620 g/mol. The lowest BCUT2D eigenvalue weighted by Crippen LogP contribution is -2.45. The van der Waals surface area contributed by atoms with Gasteiger partial charge >= 0.3 is 12.0 Å². The molecule has 3 aromatic carbocycles. The monoisotopic (exact) mass is 650 g/mol. The van der Waals surface area contributed by atoms with Gasteiger partial charge in [0.2, 0.25) is 0 Å². The standard InChI is InChI=1S/C31H31BrN4O7/c1-4-41-30(38)28-19(2)34-31(39)35-29(28)21-10-12-25(26(15-21)40-3)43-18-27(37)36-33-16-22-14-23(32)11-13-24(22)42-17-20-8-6-5-7-9-20/h5-16,29H,4,17-18H2,1-3H3,(H,36,37)(H2,34,35,39)/b33-16-/t29-/m1/s1. The van der Waals surface area contributed by atoms with Gasteiger partial charge in [0, 0.05) is 15.7 Å². The van der Waals surface area contributed by atoms with Gasteiger partial charge in [-0.15, -0.1) is 0 Å². The van der Waals surface area contributed by atoms with Crippen LogP contribution in [0.1, 0.15) is 36.6 Å². The second-order valence-corrected chi connectivity index (χ2v) is 10.2. The Balaban J connectivity index is 1.39. The van der Waals surface area contributed by atoms with E-state index in [1.807, 2.05) is 48.5 Å². The molecule has 0 saturated heterocycles. The highest BCUT2D eigenvalue weighted by Crippen LogP contribution is 2.34. The van der Waals surface area contributed by atoms with E-state index in [2.05, 4.69) is 37.1 Å². The molecule has 0 radical (unpaired) electrons. The molecule has 12 heteroatoms. The number of hydrogen-bond donors (Lipinski definition) is 3. The van der Waals surface area contributed by atoms with Gasteiger partial charge in [-0.25, -0.2) is 15.0 Å². The normalized spacial score (nSPS) is 14.5. The Morgan fingerprint density at radius 2 is 1.79 bits per heavy atom. The van der Waals surface area contributed by atoms with Gasteiger partial charge in [-0.2, -0.15) is 5.10 Å². The van der Waals surface area contributed by atoms with Crippen LogP contribution in [0.3, 0.4) is 0 Å². The second kappa shape index (κ2) is 14.9. The van der Waals surface area contributed by atoms with E-state index in [9.17, 15) is 14.4 Å². The van der Waals surface area contributed by atoms with Crippen molar-refractivity contribution in [3.63, 3.8) is 0 Å². The number of nitrogens with one attached hydrogen (secondary N) is 3. The molecule has 3 N–H and O–H groups in total. The third kappa shape index (κ3) is 8.35. The zero-order valence-corrected chi connectivity index (χ0v) is 25.4. The summed E-state index contributed by atoms with van der Waals surface area (Å²) >= 11 is 3.45. The van der Waals surface area contributed by atoms with Crippen LogP contribution in [0.4, 0.5) is 4.79 Å². The van der Waals surface area contributed by atoms with Crippen molar-refractivity contribution in [1.29, 1.82) is 0 Å². The third-order valence-electron chi connectivity index (χ3n) is 6.25. The maximum atomic E-state index is 12.6. The van der Waals surface area contributed by atoms with Crippen LogP contribution < -0.4 is 30.3 Å². The Kier molecular flexibility index (Phi) is 10.8. The minimum absolute atomic E-state index is 0.185. The molecule has 0 aliphatic carbocycles. The maximum absolute atomic E-state index is 12.6. The molecule has 0 unspecified atom stereocenters. The number of halogens is 1. The van der Waals surface area contributed by atoms with E-state index in [4.69, 9.17) is 18.9 Å². The van der Waals surface area contributed by atoms with E-state index in [0.29, 0.717) is 34.9 Å². The lowest BCUT2D eigenvalue weighted by atomic mass is 9.95. The molecular formula is C31H31BrN4O7. The Hall–Kier alpha value is -4.84. The lowest BCUT2D eigenvalue weighted by Gasteiger charge is -2.28. The SMILES string of the molecule is CCOC(=O)C1=C(C)NC(=O)N[C@@H]1c1ccc(OCC(=O)N/N=C\c2cc(Br)ccc2OCc2ccccc2)c(OC)c1. The van der Waals surface area contributed by atoms with Crippen LogP contribution in [0.2, 0.25) is 0 Å². The number of hydrogen-bond acceptors (Lipinski definition) is 8. The summed E-state index contributed by atoms with van der Waals surface area (Å²) < 4.78 is 23.1. The van der Waals surface area contributed by atoms with Gasteiger partial charge < -0.3 is 29.6 Å². The van der Waals surface area contributed by atoms with Crippen molar-refractivity contribution in [3.05, 3.63) is 99.2 Å². The summed E-state index contributed by atoms with van der Waals surface area (Å²) in [5.41, 5.74) is 5.36. The molecule has 0 bridgehead atoms. The first kappa shape index (κ1) is 31.1. The zero-order chi connectivity index (χ0) is 30.8. The summed E-state index contributed by atoms with van der Waals surface area (Å²) in [5, 5.41) is 9.38. The molecule has 0 spiro atoms. The van der Waals surface area contributed by atoms with Crippen molar-refractivity contribution >= 4 is 40.1 Å². The average Bonchev–Trinajstić information content (AvgIpc) is 2.99. The molecule has 4 rings (SSSR count). The first-order valence-electron chi connectivity index (χ1n) is 13.3. The number of hydrazone groups is 1. The largest absolute Gasteiger partial charge is 0.493 e.